The van der Waals surface area contributed by atoms with E-state index in [2.05, 4.69) is 27.3 Å². The van der Waals surface area contributed by atoms with Crippen molar-refractivity contribution in [2.75, 3.05) is 20.1 Å². The maximum Gasteiger partial charge on any atom is 0.253 e. The zero-order valence-electron chi connectivity index (χ0n) is 12.5. The number of carbonyl (C=O) groups is 1. The van der Waals surface area contributed by atoms with Gasteiger partial charge >= 0.3 is 0 Å². The van der Waals surface area contributed by atoms with Crippen LogP contribution in [-0.2, 0) is 0 Å². The number of likely N-dealkylation sites (N-methyl/N-ethyl adjacent to an activating group) is 1. The van der Waals surface area contributed by atoms with Gasteiger partial charge in [0.15, 0.2) is 0 Å². The first-order valence-electron chi connectivity index (χ1n) is 7.33. The summed E-state index contributed by atoms with van der Waals surface area (Å²) < 4.78 is 1.06. The van der Waals surface area contributed by atoms with Crippen LogP contribution >= 0.6 is 28.3 Å². The highest BCUT2D eigenvalue weighted by Crippen LogP contribution is 2.22. The van der Waals surface area contributed by atoms with Gasteiger partial charge in [-0.3, -0.25) is 4.79 Å². The Labute approximate surface area is 145 Å². The molecule has 5 heteroatoms. The summed E-state index contributed by atoms with van der Waals surface area (Å²) in [5, 5.41) is 5.53. The molecule has 0 radical (unpaired) electrons. The maximum absolute atomic E-state index is 12.7. The highest BCUT2D eigenvalue weighted by Gasteiger charge is 2.23. The van der Waals surface area contributed by atoms with Crippen molar-refractivity contribution in [3.63, 3.8) is 0 Å². The van der Waals surface area contributed by atoms with Crippen molar-refractivity contribution >= 4 is 45.0 Å². The van der Waals surface area contributed by atoms with Gasteiger partial charge in [0.25, 0.3) is 5.91 Å². The van der Waals surface area contributed by atoms with Gasteiger partial charge < -0.3 is 10.2 Å². The van der Waals surface area contributed by atoms with Crippen LogP contribution in [0.2, 0.25) is 0 Å². The van der Waals surface area contributed by atoms with E-state index in [1.54, 1.807) is 0 Å². The van der Waals surface area contributed by atoms with Crippen LogP contribution in [0, 0.1) is 0 Å². The van der Waals surface area contributed by atoms with Gasteiger partial charge in [0.05, 0.1) is 0 Å². The summed E-state index contributed by atoms with van der Waals surface area (Å²) in [4.78, 5) is 14.6. The molecule has 1 heterocycles. The number of halogens is 2. The molecule has 3 nitrogen and oxygen atoms in total. The molecule has 0 saturated carbocycles. The second-order valence-electron chi connectivity index (χ2n) is 5.59. The smallest absolute Gasteiger partial charge is 0.253 e. The first-order valence-corrected chi connectivity index (χ1v) is 8.12. The lowest BCUT2D eigenvalue weighted by Gasteiger charge is -2.32. The quantitative estimate of drug-likeness (QED) is 0.854. The fourth-order valence-electron chi connectivity index (χ4n) is 2.93. The molecule has 118 valence electrons. The second kappa shape index (κ2) is 7.44. The van der Waals surface area contributed by atoms with E-state index in [4.69, 9.17) is 0 Å². The van der Waals surface area contributed by atoms with Crippen LogP contribution in [0.1, 0.15) is 23.2 Å². The normalized spacial score (nSPS) is 18.1. The number of hydrogen-bond donors (Lipinski definition) is 1. The molecule has 0 aromatic heterocycles. The van der Waals surface area contributed by atoms with Crippen molar-refractivity contribution in [3.8, 4) is 0 Å². The standard InChI is InChI=1S/C17H19BrN2O.ClH/c1-19-16-3-2-8-20(11-16)17(21)14-5-4-13-10-15(18)7-6-12(13)9-14;/h4-7,9-10,16,19H,2-3,8,11H2,1H3;1H. The molecule has 1 aliphatic heterocycles. The third-order valence-corrected chi connectivity index (χ3v) is 4.66. The van der Waals surface area contributed by atoms with Crippen molar-refractivity contribution in [3.05, 3.63) is 46.4 Å². The monoisotopic (exact) mass is 382 g/mol. The Hall–Kier alpha value is -1.10. The molecular weight excluding hydrogens is 364 g/mol. The Morgan fingerprint density at radius 3 is 2.73 bits per heavy atom. The first-order chi connectivity index (χ1) is 10.2. The molecule has 1 fully saturated rings. The van der Waals surface area contributed by atoms with Crippen molar-refractivity contribution in [1.29, 1.82) is 0 Å². The Balaban J connectivity index is 0.00000176. The summed E-state index contributed by atoms with van der Waals surface area (Å²) in [6.07, 6.45) is 2.21. The third kappa shape index (κ3) is 3.62. The molecule has 0 bridgehead atoms. The van der Waals surface area contributed by atoms with E-state index in [0.717, 1.165) is 46.7 Å². The molecule has 0 spiro atoms. The predicted octanol–water partition coefficient (Wildman–Crippen LogP) is 3.85. The van der Waals surface area contributed by atoms with E-state index < -0.39 is 0 Å². The van der Waals surface area contributed by atoms with E-state index in [0.29, 0.717) is 6.04 Å². The number of amides is 1. The molecule has 1 N–H and O–H groups in total. The molecule has 1 aliphatic rings. The van der Waals surface area contributed by atoms with E-state index in [1.807, 2.05) is 42.3 Å². The van der Waals surface area contributed by atoms with Gasteiger partial charge in [0, 0.05) is 29.2 Å². The zero-order valence-corrected chi connectivity index (χ0v) is 14.9. The van der Waals surface area contributed by atoms with Crippen LogP contribution in [-0.4, -0.2) is 37.0 Å². The molecule has 3 rings (SSSR count). The van der Waals surface area contributed by atoms with Crippen LogP contribution in [0.4, 0.5) is 0 Å². The van der Waals surface area contributed by atoms with E-state index in [-0.39, 0.29) is 18.3 Å². The van der Waals surface area contributed by atoms with Crippen LogP contribution in [0.5, 0.6) is 0 Å². The lowest BCUT2D eigenvalue weighted by molar-refractivity contribution is 0.0698. The average molecular weight is 384 g/mol. The molecule has 1 saturated heterocycles. The number of nitrogens with zero attached hydrogens (tertiary/aromatic N) is 1. The average Bonchev–Trinajstić information content (AvgIpc) is 2.53. The van der Waals surface area contributed by atoms with Crippen molar-refractivity contribution in [1.82, 2.24) is 10.2 Å². The minimum absolute atomic E-state index is 0. The second-order valence-corrected chi connectivity index (χ2v) is 6.50. The summed E-state index contributed by atoms with van der Waals surface area (Å²) in [7, 11) is 1.96. The Morgan fingerprint density at radius 1 is 1.23 bits per heavy atom. The number of piperidine rings is 1. The number of nitrogens with one attached hydrogen (secondary N) is 1. The minimum Gasteiger partial charge on any atom is -0.337 e. The third-order valence-electron chi connectivity index (χ3n) is 4.17. The molecule has 1 unspecified atom stereocenters. The number of likely N-dealkylation sites (tertiary alicyclic amines) is 1. The molecule has 2 aromatic rings. The predicted molar refractivity (Wildman–Crippen MR) is 96.9 cm³/mol. The van der Waals surface area contributed by atoms with Crippen molar-refractivity contribution in [2.24, 2.45) is 0 Å². The molecule has 1 amide bonds. The Morgan fingerprint density at radius 2 is 1.95 bits per heavy atom. The fourth-order valence-corrected chi connectivity index (χ4v) is 3.31. The summed E-state index contributed by atoms with van der Waals surface area (Å²) >= 11 is 3.47. The molecule has 1 atom stereocenters. The Kier molecular flexibility index (Phi) is 5.84. The molecule has 22 heavy (non-hydrogen) atoms. The van der Waals surface area contributed by atoms with E-state index >= 15 is 0 Å². The first kappa shape index (κ1) is 17.3. The van der Waals surface area contributed by atoms with Crippen molar-refractivity contribution < 1.29 is 4.79 Å². The summed E-state index contributed by atoms with van der Waals surface area (Å²) in [6, 6.07) is 12.5. The molecular formula is C17H20BrClN2O. The van der Waals surface area contributed by atoms with Crippen LogP contribution < -0.4 is 5.32 Å². The minimum atomic E-state index is 0. The van der Waals surface area contributed by atoms with Crippen LogP contribution in [0.15, 0.2) is 40.9 Å². The van der Waals surface area contributed by atoms with Crippen LogP contribution in [0.3, 0.4) is 0 Å². The lowest BCUT2D eigenvalue weighted by Crippen LogP contribution is -2.46. The number of carbonyl (C=O) groups excluding carboxylic acids is 1. The van der Waals surface area contributed by atoms with Crippen LogP contribution in [0.25, 0.3) is 10.8 Å². The van der Waals surface area contributed by atoms with Gasteiger partial charge in [0.1, 0.15) is 0 Å². The molecule has 0 aliphatic carbocycles. The fraction of sp³-hybridized carbons (Fsp3) is 0.353. The Bertz CT molecular complexity index is 677. The van der Waals surface area contributed by atoms with Gasteiger partial charge in [-0.15, -0.1) is 12.4 Å². The number of benzene rings is 2. The number of hydrogen-bond acceptors (Lipinski definition) is 2. The maximum atomic E-state index is 12.7. The highest BCUT2D eigenvalue weighted by atomic mass is 79.9. The van der Waals surface area contributed by atoms with Gasteiger partial charge in [-0.25, -0.2) is 0 Å². The molecule has 2 aromatic carbocycles. The number of rotatable bonds is 2. The highest BCUT2D eigenvalue weighted by molar-refractivity contribution is 9.10. The van der Waals surface area contributed by atoms with E-state index in [1.165, 1.54) is 0 Å². The summed E-state index contributed by atoms with van der Waals surface area (Å²) in [5.74, 6) is 0.139. The topological polar surface area (TPSA) is 32.3 Å². The summed E-state index contributed by atoms with van der Waals surface area (Å²) in [5.41, 5.74) is 0.779. The van der Waals surface area contributed by atoms with E-state index in [9.17, 15) is 4.79 Å². The zero-order chi connectivity index (χ0) is 14.8. The van der Waals surface area contributed by atoms with Gasteiger partial charge in [-0.05, 0) is 54.9 Å². The van der Waals surface area contributed by atoms with Gasteiger partial charge in [0.2, 0.25) is 0 Å². The lowest BCUT2D eigenvalue weighted by atomic mass is 10.0. The van der Waals surface area contributed by atoms with Crippen molar-refractivity contribution in [2.45, 2.75) is 18.9 Å². The van der Waals surface area contributed by atoms with Gasteiger partial charge in [-0.1, -0.05) is 28.1 Å². The van der Waals surface area contributed by atoms with Gasteiger partial charge in [-0.2, -0.15) is 0 Å². The summed E-state index contributed by atoms with van der Waals surface area (Å²) in [6.45, 7) is 1.66. The number of fused-ring (bicyclic) bond motifs is 1. The largest absolute Gasteiger partial charge is 0.337 e. The SMILES string of the molecule is CNC1CCCN(C(=O)c2ccc3cc(Br)ccc3c2)C1.Cl.